The lowest BCUT2D eigenvalue weighted by Gasteiger charge is -2.04. The number of nitrogens with two attached hydrogens (primary N) is 1. The van der Waals surface area contributed by atoms with E-state index in [9.17, 15) is 4.79 Å². The topological polar surface area (TPSA) is 71.2 Å². The maximum atomic E-state index is 12.4. The zero-order valence-corrected chi connectivity index (χ0v) is 15.5. The van der Waals surface area contributed by atoms with Crippen LogP contribution in [0.4, 0.5) is 0 Å². The van der Waals surface area contributed by atoms with Crippen LogP contribution < -0.4 is 11.3 Å². The number of para-hydroxylation sites is 1. The molecule has 0 fully saturated rings. The van der Waals surface area contributed by atoms with Crippen molar-refractivity contribution in [2.75, 3.05) is 0 Å². The fourth-order valence-corrected chi connectivity index (χ4v) is 4.18. The molecule has 0 saturated carbocycles. The van der Waals surface area contributed by atoms with Crippen molar-refractivity contribution >= 4 is 60.7 Å². The van der Waals surface area contributed by atoms with E-state index in [4.69, 9.17) is 5.73 Å². The van der Waals surface area contributed by atoms with Crippen LogP contribution in [0.5, 0.6) is 0 Å². The molecular weight excluding hydrogens is 354 g/mol. The number of aromatic amines is 1. The Balaban J connectivity index is 0.00000182. The Labute approximate surface area is 154 Å². The smallest absolute Gasteiger partial charge is 0.266 e. The van der Waals surface area contributed by atoms with Crippen molar-refractivity contribution in [3.8, 4) is 0 Å². The third-order valence-corrected chi connectivity index (χ3v) is 5.19. The molecule has 128 valence electrons. The molecule has 4 aromatic rings. The van der Waals surface area contributed by atoms with E-state index >= 15 is 0 Å². The minimum absolute atomic E-state index is 0. The van der Waals surface area contributed by atoms with Crippen molar-refractivity contribution in [2.24, 2.45) is 10.7 Å². The average Bonchev–Trinajstić information content (AvgIpc) is 2.94. The zero-order chi connectivity index (χ0) is 16.8. The number of benzene rings is 2. The van der Waals surface area contributed by atoms with E-state index in [0.717, 1.165) is 36.6 Å². The molecule has 0 amide bonds. The normalized spacial score (nSPS) is 12.2. The molecule has 0 radical (unpaired) electrons. The van der Waals surface area contributed by atoms with Gasteiger partial charge in [-0.05, 0) is 26.0 Å². The van der Waals surface area contributed by atoms with E-state index < -0.39 is 0 Å². The Kier molecular flexibility index (Phi) is 4.54. The largest absolute Gasteiger partial charge is 0.383 e. The second-order valence-corrected chi connectivity index (χ2v) is 7.18. The number of thiophene rings is 1. The lowest BCUT2D eigenvalue weighted by molar-refractivity contribution is 0.834. The molecule has 3 N–H and O–H groups in total. The van der Waals surface area contributed by atoms with Gasteiger partial charge in [0.15, 0.2) is 0 Å². The number of rotatable bonds is 2. The molecule has 2 aromatic heterocycles. The monoisotopic (exact) mass is 371 g/mol. The molecule has 0 unspecified atom stereocenters. The molecule has 0 saturated heterocycles. The van der Waals surface area contributed by atoms with Gasteiger partial charge < -0.3 is 10.7 Å². The molecule has 6 heteroatoms. The lowest BCUT2D eigenvalue weighted by atomic mass is 10.1. The van der Waals surface area contributed by atoms with Gasteiger partial charge in [0.1, 0.15) is 10.5 Å². The van der Waals surface area contributed by atoms with Crippen LogP contribution in [-0.4, -0.2) is 16.9 Å². The summed E-state index contributed by atoms with van der Waals surface area (Å²) in [6.45, 7) is 3.99. The highest BCUT2D eigenvalue weighted by atomic mass is 35.5. The summed E-state index contributed by atoms with van der Waals surface area (Å²) in [6.07, 6.45) is 0. The first-order valence-electron chi connectivity index (χ1n) is 7.85. The number of pyridine rings is 1. The van der Waals surface area contributed by atoms with Gasteiger partial charge in [0, 0.05) is 38.0 Å². The van der Waals surface area contributed by atoms with Crippen LogP contribution in [0.2, 0.25) is 0 Å². The number of H-pyrrole nitrogens is 1. The van der Waals surface area contributed by atoms with Crippen molar-refractivity contribution in [1.29, 1.82) is 0 Å². The van der Waals surface area contributed by atoms with Crippen LogP contribution >= 0.6 is 23.7 Å². The van der Waals surface area contributed by atoms with Gasteiger partial charge >= 0.3 is 0 Å². The van der Waals surface area contributed by atoms with Crippen LogP contribution in [0.15, 0.2) is 52.3 Å². The zero-order valence-electron chi connectivity index (χ0n) is 13.9. The Morgan fingerprint density at radius 3 is 2.68 bits per heavy atom. The number of amidine groups is 1. The third-order valence-electron chi connectivity index (χ3n) is 4.03. The highest BCUT2D eigenvalue weighted by Crippen LogP contribution is 2.36. The minimum Gasteiger partial charge on any atom is -0.383 e. The molecule has 0 spiro atoms. The molecule has 2 heterocycles. The summed E-state index contributed by atoms with van der Waals surface area (Å²) < 4.78 is 1.80. The summed E-state index contributed by atoms with van der Waals surface area (Å²) in [4.78, 5) is 19.8. The summed E-state index contributed by atoms with van der Waals surface area (Å²) in [6, 6.07) is 14.1. The number of hydrogen-bond donors (Lipinski definition) is 2. The highest BCUT2D eigenvalue weighted by molar-refractivity contribution is 7.26. The molecule has 25 heavy (non-hydrogen) atoms. The molecule has 2 aromatic carbocycles. The molecule has 0 atom stereocenters. The number of aliphatic imine (C=N–C) groups is 1. The van der Waals surface area contributed by atoms with Gasteiger partial charge in [-0.15, -0.1) is 23.7 Å². The van der Waals surface area contributed by atoms with E-state index in [1.807, 2.05) is 56.3 Å². The first-order chi connectivity index (χ1) is 11.5. The Morgan fingerprint density at radius 1 is 1.16 bits per heavy atom. The van der Waals surface area contributed by atoms with Crippen LogP contribution in [0.3, 0.4) is 0 Å². The maximum absolute atomic E-state index is 12.4. The van der Waals surface area contributed by atoms with Crippen molar-refractivity contribution in [3.05, 3.63) is 58.4 Å². The number of aromatic nitrogens is 1. The van der Waals surface area contributed by atoms with Gasteiger partial charge in [0.05, 0.1) is 0 Å². The lowest BCUT2D eigenvalue weighted by Crippen LogP contribution is -2.15. The summed E-state index contributed by atoms with van der Waals surface area (Å²) >= 11 is 1.50. The minimum atomic E-state index is -0.0460. The van der Waals surface area contributed by atoms with Gasteiger partial charge in [-0.25, -0.2) is 0 Å². The van der Waals surface area contributed by atoms with Crippen LogP contribution in [0.25, 0.3) is 31.1 Å². The Hall–Kier alpha value is -2.37. The van der Waals surface area contributed by atoms with Gasteiger partial charge in [-0.1, -0.05) is 30.3 Å². The fourth-order valence-electron chi connectivity index (χ4n) is 3.03. The number of hydrogen-bond acceptors (Lipinski definition) is 3. The van der Waals surface area contributed by atoms with E-state index in [0.29, 0.717) is 5.84 Å². The second kappa shape index (κ2) is 6.50. The van der Waals surface area contributed by atoms with Crippen LogP contribution in [0, 0.1) is 0 Å². The molecular formula is C19H18ClN3OS. The number of nitrogens with zero attached hydrogens (tertiary/aromatic N) is 1. The molecule has 4 nitrogen and oxygen atoms in total. The number of nitrogens with one attached hydrogen (secondary N) is 1. The number of halogens is 1. The maximum Gasteiger partial charge on any atom is 0.266 e. The first-order valence-corrected chi connectivity index (χ1v) is 8.67. The molecule has 0 aliphatic carbocycles. The fraction of sp³-hybridized carbons (Fsp3) is 0.158. The summed E-state index contributed by atoms with van der Waals surface area (Å²) in [5, 5.41) is 3.16. The first kappa shape index (κ1) is 17.5. The molecule has 0 aliphatic heterocycles. The van der Waals surface area contributed by atoms with Crippen LogP contribution in [0.1, 0.15) is 19.4 Å². The van der Waals surface area contributed by atoms with E-state index in [1.165, 1.54) is 11.3 Å². The molecule has 0 aliphatic rings. The Morgan fingerprint density at radius 2 is 1.92 bits per heavy atom. The van der Waals surface area contributed by atoms with Gasteiger partial charge in [-0.3, -0.25) is 9.79 Å². The van der Waals surface area contributed by atoms with E-state index in [-0.39, 0.29) is 24.0 Å². The van der Waals surface area contributed by atoms with Crippen molar-refractivity contribution in [1.82, 2.24) is 4.98 Å². The quantitative estimate of drug-likeness (QED) is 0.404. The van der Waals surface area contributed by atoms with E-state index in [2.05, 4.69) is 9.98 Å². The van der Waals surface area contributed by atoms with Gasteiger partial charge in [0.2, 0.25) is 0 Å². The van der Waals surface area contributed by atoms with Gasteiger partial charge in [-0.2, -0.15) is 0 Å². The van der Waals surface area contributed by atoms with Crippen LogP contribution in [-0.2, 0) is 0 Å². The second-order valence-electron chi connectivity index (χ2n) is 6.12. The van der Waals surface area contributed by atoms with Crippen molar-refractivity contribution in [3.63, 3.8) is 0 Å². The van der Waals surface area contributed by atoms with E-state index in [1.54, 1.807) is 0 Å². The Bertz CT molecular complexity index is 1170. The predicted octanol–water partition coefficient (Wildman–Crippen LogP) is 4.43. The summed E-state index contributed by atoms with van der Waals surface area (Å²) in [5.74, 6) is 0.531. The summed E-state index contributed by atoms with van der Waals surface area (Å²) in [5.41, 5.74) is 7.80. The highest BCUT2D eigenvalue weighted by Gasteiger charge is 2.13. The average molecular weight is 372 g/mol. The molecule has 4 rings (SSSR count). The number of fused-ring (bicyclic) bond motifs is 5. The van der Waals surface area contributed by atoms with Gasteiger partial charge in [0.25, 0.3) is 5.56 Å². The molecule has 0 bridgehead atoms. The van der Waals surface area contributed by atoms with Crippen molar-refractivity contribution in [2.45, 2.75) is 19.9 Å². The standard InChI is InChI=1S/C19H17N3OS.ClH/c1-10(2)21-18(20)11-7-8-13-15(9-11)24-17-16(13)12-5-3-4-6-14(12)22-19(17)23;/h3-10H,1-2H3,(H2,20,21)(H,22,23);1H. The van der Waals surface area contributed by atoms with Crippen molar-refractivity contribution < 1.29 is 0 Å². The SMILES string of the molecule is CC(C)N=C(N)c1ccc2c(c1)sc1c(=O)[nH]c3ccccc3c12.Cl. The predicted molar refractivity (Wildman–Crippen MR) is 111 cm³/mol. The third kappa shape index (κ3) is 2.90. The summed E-state index contributed by atoms with van der Waals surface area (Å²) in [7, 11) is 0.